The molecule has 0 bridgehead atoms. The van der Waals surface area contributed by atoms with Crippen molar-refractivity contribution >= 4 is 17.5 Å². The lowest BCUT2D eigenvalue weighted by atomic mass is 10.2. The van der Waals surface area contributed by atoms with E-state index in [1.54, 1.807) is 4.90 Å². The number of hydrogen-bond acceptors (Lipinski definition) is 4. The molecular weight excluding hydrogens is 231 g/mol. The van der Waals surface area contributed by atoms with Crippen LogP contribution in [0.4, 0.5) is 21.8 Å². The molecule has 4 nitrogen and oxygen atoms in total. The van der Waals surface area contributed by atoms with Crippen LogP contribution in [0.3, 0.4) is 0 Å². The second-order valence-electron chi connectivity index (χ2n) is 3.98. The van der Waals surface area contributed by atoms with Gasteiger partial charge in [0.2, 0.25) is 5.95 Å². The van der Waals surface area contributed by atoms with Crippen LogP contribution >= 0.6 is 0 Å². The first-order valence-corrected chi connectivity index (χ1v) is 5.74. The predicted molar refractivity (Wildman–Crippen MR) is 70.3 cm³/mol. The largest absolute Gasteiger partial charge is 0.368 e. The van der Waals surface area contributed by atoms with Gasteiger partial charge in [-0.1, -0.05) is 12.1 Å². The third-order valence-electron chi connectivity index (χ3n) is 2.63. The van der Waals surface area contributed by atoms with Gasteiger partial charge in [-0.05, 0) is 31.5 Å². The first-order chi connectivity index (χ1) is 8.61. The number of nitrogens with zero attached hydrogens (tertiary/aromatic N) is 3. The smallest absolute Gasteiger partial charge is 0.222 e. The van der Waals surface area contributed by atoms with Crippen LogP contribution in [0.2, 0.25) is 0 Å². The Hall–Kier alpha value is -2.17. The lowest BCUT2D eigenvalue weighted by molar-refractivity contribution is 0.612. The molecule has 94 valence electrons. The molecule has 0 aliphatic rings. The van der Waals surface area contributed by atoms with Crippen molar-refractivity contribution in [1.82, 2.24) is 9.97 Å². The van der Waals surface area contributed by atoms with Gasteiger partial charge in [0.05, 0.1) is 6.20 Å². The van der Waals surface area contributed by atoms with E-state index < -0.39 is 5.82 Å². The van der Waals surface area contributed by atoms with Gasteiger partial charge in [-0.2, -0.15) is 4.98 Å². The first-order valence-electron chi connectivity index (χ1n) is 5.74. The van der Waals surface area contributed by atoms with E-state index in [4.69, 9.17) is 5.73 Å². The molecule has 0 saturated heterocycles. The van der Waals surface area contributed by atoms with Crippen molar-refractivity contribution in [3.8, 4) is 0 Å². The zero-order chi connectivity index (χ0) is 13.1. The van der Waals surface area contributed by atoms with E-state index in [1.165, 1.54) is 0 Å². The Balaban J connectivity index is 2.48. The van der Waals surface area contributed by atoms with E-state index >= 15 is 0 Å². The topological polar surface area (TPSA) is 55.0 Å². The van der Waals surface area contributed by atoms with Crippen LogP contribution in [0.1, 0.15) is 12.5 Å². The van der Waals surface area contributed by atoms with Crippen molar-refractivity contribution < 1.29 is 4.39 Å². The lowest BCUT2D eigenvalue weighted by Gasteiger charge is -2.22. The zero-order valence-electron chi connectivity index (χ0n) is 10.4. The molecule has 0 aliphatic heterocycles. The zero-order valence-corrected chi connectivity index (χ0v) is 10.4. The number of anilines is 3. The summed E-state index contributed by atoms with van der Waals surface area (Å²) in [6, 6.07) is 7.80. The van der Waals surface area contributed by atoms with Crippen molar-refractivity contribution in [3.63, 3.8) is 0 Å². The summed E-state index contributed by atoms with van der Waals surface area (Å²) in [4.78, 5) is 9.36. The van der Waals surface area contributed by atoms with Crippen molar-refractivity contribution in [1.29, 1.82) is 0 Å². The highest BCUT2D eigenvalue weighted by molar-refractivity contribution is 5.61. The maximum atomic E-state index is 13.8. The van der Waals surface area contributed by atoms with Crippen LogP contribution in [0, 0.1) is 12.7 Å². The average Bonchev–Trinajstić information content (AvgIpc) is 2.35. The number of nitrogens with two attached hydrogens (primary N) is 1. The number of halogens is 1. The molecule has 2 N–H and O–H groups in total. The highest BCUT2D eigenvalue weighted by atomic mass is 19.1. The summed E-state index contributed by atoms with van der Waals surface area (Å²) in [6.07, 6.45) is 1.09. The quantitative estimate of drug-likeness (QED) is 0.904. The van der Waals surface area contributed by atoms with E-state index in [0.717, 1.165) is 17.4 Å². The van der Waals surface area contributed by atoms with E-state index in [2.05, 4.69) is 9.97 Å². The van der Waals surface area contributed by atoms with Crippen LogP contribution in [-0.4, -0.2) is 16.5 Å². The molecule has 0 unspecified atom stereocenters. The SMILES string of the molecule is CCN(c1cccc(C)c1)c1nc(N)ncc1F. The van der Waals surface area contributed by atoms with E-state index in [1.807, 2.05) is 38.1 Å². The van der Waals surface area contributed by atoms with E-state index in [0.29, 0.717) is 6.54 Å². The van der Waals surface area contributed by atoms with Gasteiger partial charge in [-0.15, -0.1) is 0 Å². The van der Waals surface area contributed by atoms with Crippen LogP contribution < -0.4 is 10.6 Å². The fourth-order valence-corrected chi connectivity index (χ4v) is 1.81. The fourth-order valence-electron chi connectivity index (χ4n) is 1.81. The second-order valence-corrected chi connectivity index (χ2v) is 3.98. The summed E-state index contributed by atoms with van der Waals surface area (Å²) >= 11 is 0. The van der Waals surface area contributed by atoms with Crippen LogP contribution in [-0.2, 0) is 0 Å². The summed E-state index contributed by atoms with van der Waals surface area (Å²) < 4.78 is 13.8. The van der Waals surface area contributed by atoms with Crippen LogP contribution in [0.5, 0.6) is 0 Å². The first kappa shape index (κ1) is 12.3. The molecule has 2 aromatic rings. The molecule has 0 spiro atoms. The Labute approximate surface area is 105 Å². The normalized spacial score (nSPS) is 10.4. The number of hydrogen-bond donors (Lipinski definition) is 1. The van der Waals surface area contributed by atoms with Gasteiger partial charge in [-0.25, -0.2) is 9.37 Å². The Morgan fingerprint density at radius 2 is 2.17 bits per heavy atom. The monoisotopic (exact) mass is 246 g/mol. The number of aryl methyl sites for hydroxylation is 1. The van der Waals surface area contributed by atoms with Gasteiger partial charge in [0.25, 0.3) is 0 Å². The molecule has 0 radical (unpaired) electrons. The number of aromatic nitrogens is 2. The van der Waals surface area contributed by atoms with Gasteiger partial charge >= 0.3 is 0 Å². The summed E-state index contributed by atoms with van der Waals surface area (Å²) in [5.41, 5.74) is 7.50. The Bertz CT molecular complexity index is 556. The maximum Gasteiger partial charge on any atom is 0.222 e. The molecule has 0 fully saturated rings. The third kappa shape index (κ3) is 2.40. The highest BCUT2D eigenvalue weighted by Crippen LogP contribution is 2.26. The van der Waals surface area contributed by atoms with Gasteiger partial charge in [-0.3, -0.25) is 0 Å². The van der Waals surface area contributed by atoms with Gasteiger partial charge in [0.1, 0.15) is 0 Å². The molecule has 1 heterocycles. The Morgan fingerprint density at radius 3 is 2.83 bits per heavy atom. The predicted octanol–water partition coefficient (Wildman–Crippen LogP) is 2.66. The molecular formula is C13H15FN4. The molecule has 0 atom stereocenters. The molecule has 1 aromatic carbocycles. The van der Waals surface area contributed by atoms with Crippen molar-refractivity contribution in [3.05, 3.63) is 41.8 Å². The minimum absolute atomic E-state index is 0.0671. The summed E-state index contributed by atoms with van der Waals surface area (Å²) in [7, 11) is 0. The highest BCUT2D eigenvalue weighted by Gasteiger charge is 2.14. The van der Waals surface area contributed by atoms with Crippen molar-refractivity contribution in [2.45, 2.75) is 13.8 Å². The summed E-state index contributed by atoms with van der Waals surface area (Å²) in [6.45, 7) is 4.51. The van der Waals surface area contributed by atoms with Gasteiger partial charge < -0.3 is 10.6 Å². The second kappa shape index (κ2) is 5.00. The average molecular weight is 246 g/mol. The standard InChI is InChI=1S/C13H15FN4/c1-3-18(10-6-4-5-9(2)7-10)12-11(14)8-16-13(15)17-12/h4-8H,3H2,1-2H3,(H2,15,16,17). The fraction of sp³-hybridized carbons (Fsp3) is 0.231. The van der Waals surface area contributed by atoms with Crippen molar-refractivity contribution in [2.24, 2.45) is 0 Å². The number of nitrogen functional groups attached to an aromatic ring is 1. The summed E-state index contributed by atoms with van der Waals surface area (Å²) in [5, 5.41) is 0. The Kier molecular flexibility index (Phi) is 3.41. The number of benzene rings is 1. The molecule has 5 heteroatoms. The van der Waals surface area contributed by atoms with Gasteiger partial charge in [0, 0.05) is 12.2 Å². The minimum Gasteiger partial charge on any atom is -0.368 e. The molecule has 1 aromatic heterocycles. The molecule has 18 heavy (non-hydrogen) atoms. The third-order valence-corrected chi connectivity index (χ3v) is 2.63. The Morgan fingerprint density at radius 1 is 1.39 bits per heavy atom. The molecule has 0 amide bonds. The molecule has 2 rings (SSSR count). The number of rotatable bonds is 3. The minimum atomic E-state index is -0.479. The van der Waals surface area contributed by atoms with E-state index in [-0.39, 0.29) is 11.8 Å². The van der Waals surface area contributed by atoms with E-state index in [9.17, 15) is 4.39 Å². The molecule has 0 saturated carbocycles. The van der Waals surface area contributed by atoms with Gasteiger partial charge in [0.15, 0.2) is 11.6 Å². The van der Waals surface area contributed by atoms with Crippen molar-refractivity contribution in [2.75, 3.05) is 17.2 Å². The van der Waals surface area contributed by atoms with Crippen LogP contribution in [0.25, 0.3) is 0 Å². The van der Waals surface area contributed by atoms with Crippen LogP contribution in [0.15, 0.2) is 30.5 Å². The summed E-state index contributed by atoms with van der Waals surface area (Å²) in [5.74, 6) is -0.208. The maximum absolute atomic E-state index is 13.8. The lowest BCUT2D eigenvalue weighted by Crippen LogP contribution is -2.19. The molecule has 0 aliphatic carbocycles.